The molecule has 3 N–H and O–H groups in total. The fourth-order valence-electron chi connectivity index (χ4n) is 3.56. The average molecular weight is 418 g/mol. The van der Waals surface area contributed by atoms with Gasteiger partial charge in [-0.1, -0.05) is 54.6 Å². The summed E-state index contributed by atoms with van der Waals surface area (Å²) in [6.07, 6.45) is 2.20. The molecule has 0 saturated carbocycles. The van der Waals surface area contributed by atoms with E-state index in [9.17, 15) is 14.3 Å². The third kappa shape index (κ3) is 4.92. The number of ether oxygens (including phenoxy) is 1. The predicted octanol–water partition coefficient (Wildman–Crippen LogP) is 4.67. The van der Waals surface area contributed by atoms with Crippen molar-refractivity contribution in [1.82, 2.24) is 10.3 Å². The van der Waals surface area contributed by atoms with Gasteiger partial charge in [-0.2, -0.15) is 0 Å². The molecular formula is C25H23FN2O3. The summed E-state index contributed by atoms with van der Waals surface area (Å²) >= 11 is 0. The van der Waals surface area contributed by atoms with E-state index in [1.54, 1.807) is 24.3 Å². The van der Waals surface area contributed by atoms with Crippen molar-refractivity contribution in [2.45, 2.75) is 25.6 Å². The van der Waals surface area contributed by atoms with E-state index < -0.39 is 12.0 Å². The molecule has 0 fully saturated rings. The first-order valence-corrected chi connectivity index (χ1v) is 10.1. The quantitative estimate of drug-likeness (QED) is 0.369. The number of para-hydroxylation sites is 2. The highest BCUT2D eigenvalue weighted by molar-refractivity contribution is 5.84. The second-order valence-electron chi connectivity index (χ2n) is 7.32. The van der Waals surface area contributed by atoms with E-state index in [0.717, 1.165) is 22.0 Å². The molecule has 0 aliphatic rings. The van der Waals surface area contributed by atoms with Crippen molar-refractivity contribution in [2.75, 3.05) is 0 Å². The summed E-state index contributed by atoms with van der Waals surface area (Å²) in [7, 11) is 0. The van der Waals surface area contributed by atoms with Gasteiger partial charge in [-0.15, -0.1) is 0 Å². The molecular weight excluding hydrogens is 395 g/mol. The summed E-state index contributed by atoms with van der Waals surface area (Å²) in [5, 5.41) is 13.9. The molecule has 158 valence electrons. The number of rotatable bonds is 9. The lowest BCUT2D eigenvalue weighted by Crippen LogP contribution is -2.38. The zero-order valence-corrected chi connectivity index (χ0v) is 16.8. The lowest BCUT2D eigenvalue weighted by molar-refractivity contribution is -0.139. The standard InChI is InChI=1S/C25H23FN2O3/c26-21-10-4-1-8-18(21)16-31-24-12-6-2-7-17(24)14-28-23(25(29)30)13-19-15-27-22-11-5-3-9-20(19)22/h1-12,15,23,27-28H,13-14,16H2,(H,29,30)/t23-/m0/s1. The van der Waals surface area contributed by atoms with Crippen LogP contribution in [0.4, 0.5) is 4.39 Å². The van der Waals surface area contributed by atoms with Crippen molar-refractivity contribution in [1.29, 1.82) is 0 Å². The second kappa shape index (κ2) is 9.45. The molecule has 0 bridgehead atoms. The first-order chi connectivity index (χ1) is 15.1. The minimum atomic E-state index is -0.921. The molecule has 31 heavy (non-hydrogen) atoms. The molecule has 5 nitrogen and oxygen atoms in total. The van der Waals surface area contributed by atoms with Crippen LogP contribution in [0.1, 0.15) is 16.7 Å². The van der Waals surface area contributed by atoms with Crippen LogP contribution < -0.4 is 10.1 Å². The fourth-order valence-corrected chi connectivity index (χ4v) is 3.56. The molecule has 3 aromatic carbocycles. The van der Waals surface area contributed by atoms with Crippen molar-refractivity contribution >= 4 is 16.9 Å². The topological polar surface area (TPSA) is 74.3 Å². The Hall–Kier alpha value is -3.64. The molecule has 4 aromatic rings. The van der Waals surface area contributed by atoms with Gasteiger partial charge in [-0.05, 0) is 23.8 Å². The molecule has 0 spiro atoms. The van der Waals surface area contributed by atoms with Gasteiger partial charge >= 0.3 is 5.97 Å². The van der Waals surface area contributed by atoms with Crippen molar-refractivity contribution in [3.05, 3.63) is 102 Å². The Morgan fingerprint density at radius 2 is 1.68 bits per heavy atom. The first kappa shape index (κ1) is 20.6. The van der Waals surface area contributed by atoms with E-state index >= 15 is 0 Å². The summed E-state index contributed by atoms with van der Waals surface area (Å²) in [4.78, 5) is 15.1. The van der Waals surface area contributed by atoms with Crippen molar-refractivity contribution in [2.24, 2.45) is 0 Å². The largest absolute Gasteiger partial charge is 0.488 e. The summed E-state index contributed by atoms with van der Waals surface area (Å²) < 4.78 is 19.7. The Bertz CT molecular complexity index is 1190. The molecule has 0 unspecified atom stereocenters. The lowest BCUT2D eigenvalue weighted by atomic mass is 10.0. The Labute approximate surface area is 179 Å². The van der Waals surface area contributed by atoms with Gasteiger partial charge in [0.25, 0.3) is 0 Å². The van der Waals surface area contributed by atoms with Gasteiger partial charge in [-0.25, -0.2) is 4.39 Å². The van der Waals surface area contributed by atoms with Crippen LogP contribution in [-0.4, -0.2) is 22.1 Å². The Balaban J connectivity index is 1.44. The predicted molar refractivity (Wildman–Crippen MR) is 117 cm³/mol. The fraction of sp³-hybridized carbons (Fsp3) is 0.160. The summed E-state index contributed by atoms with van der Waals surface area (Å²) in [6, 6.07) is 20.9. The number of hydrogen-bond donors (Lipinski definition) is 3. The molecule has 0 radical (unpaired) electrons. The number of benzene rings is 3. The highest BCUT2D eigenvalue weighted by Gasteiger charge is 2.20. The van der Waals surface area contributed by atoms with E-state index in [1.807, 2.05) is 48.7 Å². The number of aromatic nitrogens is 1. The van der Waals surface area contributed by atoms with Crippen molar-refractivity contribution < 1.29 is 19.0 Å². The van der Waals surface area contributed by atoms with Gasteiger partial charge in [0.1, 0.15) is 24.2 Å². The number of fused-ring (bicyclic) bond motifs is 1. The number of hydrogen-bond acceptors (Lipinski definition) is 3. The summed E-state index contributed by atoms with van der Waals surface area (Å²) in [5.41, 5.74) is 3.20. The van der Waals surface area contributed by atoms with Crippen LogP contribution in [-0.2, 0) is 24.4 Å². The molecule has 0 aliphatic carbocycles. The van der Waals surface area contributed by atoms with Crippen molar-refractivity contribution in [3.63, 3.8) is 0 Å². The molecule has 0 amide bonds. The first-order valence-electron chi connectivity index (χ1n) is 10.1. The van der Waals surface area contributed by atoms with Crippen LogP contribution in [0.25, 0.3) is 10.9 Å². The number of carboxylic acid groups (broad SMARTS) is 1. The number of nitrogens with one attached hydrogen (secondary N) is 2. The highest BCUT2D eigenvalue weighted by Crippen LogP contribution is 2.22. The van der Waals surface area contributed by atoms with Crippen LogP contribution in [0.5, 0.6) is 5.75 Å². The van der Waals surface area contributed by atoms with E-state index in [0.29, 0.717) is 24.3 Å². The summed E-state index contributed by atoms with van der Waals surface area (Å²) in [6.45, 7) is 0.411. The Morgan fingerprint density at radius 1 is 0.968 bits per heavy atom. The van der Waals surface area contributed by atoms with Gasteiger partial charge in [-0.3, -0.25) is 10.1 Å². The molecule has 1 heterocycles. The zero-order valence-electron chi connectivity index (χ0n) is 16.8. The van der Waals surface area contributed by atoms with Gasteiger partial charge in [0.15, 0.2) is 0 Å². The van der Waals surface area contributed by atoms with Crippen LogP contribution in [0.15, 0.2) is 79.0 Å². The minimum Gasteiger partial charge on any atom is -0.488 e. The summed E-state index contributed by atoms with van der Waals surface area (Å²) in [5.74, 6) is -0.646. The molecule has 1 aromatic heterocycles. The molecule has 4 rings (SSSR count). The number of carbonyl (C=O) groups is 1. The van der Waals surface area contributed by atoms with E-state index in [-0.39, 0.29) is 12.4 Å². The zero-order chi connectivity index (χ0) is 21.6. The Kier molecular flexibility index (Phi) is 6.29. The minimum absolute atomic E-state index is 0.0986. The lowest BCUT2D eigenvalue weighted by Gasteiger charge is -2.17. The molecule has 1 atom stereocenters. The van der Waals surface area contributed by atoms with Gasteiger partial charge in [0.05, 0.1) is 0 Å². The van der Waals surface area contributed by atoms with Crippen LogP contribution in [0.3, 0.4) is 0 Å². The van der Waals surface area contributed by atoms with Crippen LogP contribution in [0.2, 0.25) is 0 Å². The normalized spacial score (nSPS) is 12.0. The van der Waals surface area contributed by atoms with E-state index in [1.165, 1.54) is 6.07 Å². The number of halogens is 1. The average Bonchev–Trinajstić information content (AvgIpc) is 3.19. The van der Waals surface area contributed by atoms with E-state index in [2.05, 4.69) is 10.3 Å². The maximum atomic E-state index is 13.9. The molecule has 0 saturated heterocycles. The maximum Gasteiger partial charge on any atom is 0.321 e. The maximum absolute atomic E-state index is 13.9. The molecule has 0 aliphatic heterocycles. The van der Waals surface area contributed by atoms with Crippen molar-refractivity contribution in [3.8, 4) is 5.75 Å². The monoisotopic (exact) mass is 418 g/mol. The van der Waals surface area contributed by atoms with E-state index in [4.69, 9.17) is 4.74 Å². The molecule has 6 heteroatoms. The second-order valence-corrected chi connectivity index (χ2v) is 7.32. The number of aromatic amines is 1. The highest BCUT2D eigenvalue weighted by atomic mass is 19.1. The Morgan fingerprint density at radius 3 is 2.48 bits per heavy atom. The number of H-pyrrole nitrogens is 1. The number of carboxylic acids is 1. The van der Waals surface area contributed by atoms with Gasteiger partial charge < -0.3 is 14.8 Å². The third-order valence-corrected chi connectivity index (χ3v) is 5.25. The van der Waals surface area contributed by atoms with Crippen LogP contribution >= 0.6 is 0 Å². The van der Waals surface area contributed by atoms with Gasteiger partial charge in [0, 0.05) is 41.2 Å². The van der Waals surface area contributed by atoms with Gasteiger partial charge in [0.2, 0.25) is 0 Å². The smallest absolute Gasteiger partial charge is 0.321 e. The van der Waals surface area contributed by atoms with Crippen LogP contribution in [0, 0.1) is 5.82 Å². The number of aliphatic carboxylic acids is 1. The SMILES string of the molecule is O=C(O)[C@H](Cc1c[nH]c2ccccc12)NCc1ccccc1OCc1ccccc1F. The third-order valence-electron chi connectivity index (χ3n) is 5.25.